The number of aromatic amines is 1. The van der Waals surface area contributed by atoms with Crippen LogP contribution < -0.4 is 5.32 Å². The molecule has 0 bridgehead atoms. The van der Waals surface area contributed by atoms with Crippen molar-refractivity contribution in [2.45, 2.75) is 16.5 Å². The first-order chi connectivity index (χ1) is 14.5. The number of hydrogen-bond donors (Lipinski definition) is 2. The van der Waals surface area contributed by atoms with Crippen LogP contribution >= 0.6 is 11.8 Å². The fraction of sp³-hybridized carbons (Fsp3) is 0.150. The topological polar surface area (TPSA) is 119 Å². The highest BCUT2D eigenvalue weighted by molar-refractivity contribution is 7.99. The molecule has 0 atom stereocenters. The highest BCUT2D eigenvalue weighted by atomic mass is 32.2. The summed E-state index contributed by atoms with van der Waals surface area (Å²) in [4.78, 5) is 27.1. The van der Waals surface area contributed by atoms with Gasteiger partial charge in [-0.2, -0.15) is 0 Å². The van der Waals surface area contributed by atoms with Gasteiger partial charge in [0.2, 0.25) is 0 Å². The number of nitrogens with one attached hydrogen (secondary N) is 2. The molecule has 2 aromatic heterocycles. The van der Waals surface area contributed by atoms with E-state index >= 15 is 0 Å². The molecule has 0 radical (unpaired) electrons. The Morgan fingerprint density at radius 2 is 2.13 bits per heavy atom. The van der Waals surface area contributed by atoms with Gasteiger partial charge >= 0.3 is 0 Å². The molecule has 2 aromatic carbocycles. The molecule has 152 valence electrons. The maximum atomic E-state index is 12.5. The van der Waals surface area contributed by atoms with E-state index < -0.39 is 4.92 Å². The number of amides is 1. The van der Waals surface area contributed by atoms with Gasteiger partial charge < -0.3 is 14.9 Å². The van der Waals surface area contributed by atoms with Gasteiger partial charge in [-0.1, -0.05) is 18.2 Å². The van der Waals surface area contributed by atoms with Gasteiger partial charge in [0, 0.05) is 42.3 Å². The maximum Gasteiger partial charge on any atom is 0.284 e. The third-order valence-electron chi connectivity index (χ3n) is 4.64. The van der Waals surface area contributed by atoms with Gasteiger partial charge in [-0.3, -0.25) is 14.9 Å². The Labute approximate surface area is 175 Å². The third-order valence-corrected chi connectivity index (χ3v) is 5.76. The minimum atomic E-state index is -0.499. The minimum Gasteiger partial charge on any atom is -0.361 e. The average Bonchev–Trinajstić information content (AvgIpc) is 3.34. The van der Waals surface area contributed by atoms with Crippen molar-refractivity contribution in [3.63, 3.8) is 0 Å². The van der Waals surface area contributed by atoms with Crippen molar-refractivity contribution in [2.24, 2.45) is 7.05 Å². The van der Waals surface area contributed by atoms with Crippen molar-refractivity contribution < 1.29 is 9.72 Å². The highest BCUT2D eigenvalue weighted by Crippen LogP contribution is 2.34. The number of aryl methyl sites for hydroxylation is 1. The van der Waals surface area contributed by atoms with Crippen LogP contribution in [0.15, 0.2) is 65.0 Å². The molecule has 9 nitrogen and oxygen atoms in total. The number of nitro benzene ring substituents is 1. The van der Waals surface area contributed by atoms with Crippen LogP contribution in [0.3, 0.4) is 0 Å². The van der Waals surface area contributed by atoms with E-state index in [2.05, 4.69) is 20.5 Å². The molecule has 10 heteroatoms. The molecule has 0 saturated carbocycles. The summed E-state index contributed by atoms with van der Waals surface area (Å²) in [6, 6.07) is 12.4. The van der Waals surface area contributed by atoms with E-state index in [1.165, 1.54) is 12.4 Å². The first-order valence-electron chi connectivity index (χ1n) is 9.16. The van der Waals surface area contributed by atoms with Gasteiger partial charge in [0.1, 0.15) is 6.33 Å². The third kappa shape index (κ3) is 4.03. The van der Waals surface area contributed by atoms with Gasteiger partial charge in [-0.25, -0.2) is 0 Å². The van der Waals surface area contributed by atoms with Gasteiger partial charge in [-0.15, -0.1) is 10.2 Å². The van der Waals surface area contributed by atoms with Crippen LogP contribution in [0.5, 0.6) is 0 Å². The number of carbonyl (C=O) groups excluding carboxylic acids is 1. The van der Waals surface area contributed by atoms with Crippen LogP contribution in [-0.4, -0.2) is 37.1 Å². The molecule has 1 amide bonds. The van der Waals surface area contributed by atoms with Gasteiger partial charge in [0.25, 0.3) is 11.6 Å². The van der Waals surface area contributed by atoms with Crippen molar-refractivity contribution >= 4 is 34.3 Å². The van der Waals surface area contributed by atoms with Crippen LogP contribution in [-0.2, 0) is 13.5 Å². The second-order valence-electron chi connectivity index (χ2n) is 6.63. The van der Waals surface area contributed by atoms with E-state index in [-0.39, 0.29) is 17.2 Å². The van der Waals surface area contributed by atoms with E-state index in [0.717, 1.165) is 28.2 Å². The first kappa shape index (κ1) is 19.6. The minimum absolute atomic E-state index is 0.146. The fourth-order valence-electron chi connectivity index (χ4n) is 3.10. The van der Waals surface area contributed by atoms with Crippen LogP contribution in [0.4, 0.5) is 5.69 Å². The normalized spacial score (nSPS) is 11.0. The summed E-state index contributed by atoms with van der Waals surface area (Å²) in [5, 5.41) is 23.7. The summed E-state index contributed by atoms with van der Waals surface area (Å²) in [5.74, 6) is -0.354. The number of benzene rings is 2. The SMILES string of the molecule is Cn1cnnc1Sc1ccc(C(=O)NCCc2c[nH]c3ccccc23)cc1[N+](=O)[O-]. The van der Waals surface area contributed by atoms with Crippen molar-refractivity contribution in [1.29, 1.82) is 0 Å². The Morgan fingerprint density at radius 1 is 1.30 bits per heavy atom. The standard InChI is InChI=1S/C20H18N6O3S/c1-25-12-23-24-20(25)30-18-7-6-13(10-17(18)26(28)29)19(27)21-9-8-14-11-22-16-5-3-2-4-15(14)16/h2-7,10-12,22H,8-9H2,1H3,(H,21,27). The van der Waals surface area contributed by atoms with Gasteiger partial charge in [-0.05, 0) is 41.9 Å². The lowest BCUT2D eigenvalue weighted by Gasteiger charge is -2.07. The molecule has 2 N–H and O–H groups in total. The van der Waals surface area contributed by atoms with E-state index in [0.29, 0.717) is 23.0 Å². The van der Waals surface area contributed by atoms with Crippen molar-refractivity contribution in [3.8, 4) is 0 Å². The van der Waals surface area contributed by atoms with Crippen molar-refractivity contribution in [2.75, 3.05) is 6.54 Å². The van der Waals surface area contributed by atoms with Gasteiger partial charge in [0.05, 0.1) is 9.82 Å². The summed E-state index contributed by atoms with van der Waals surface area (Å²) >= 11 is 1.13. The zero-order valence-electron chi connectivity index (χ0n) is 16.0. The van der Waals surface area contributed by atoms with Crippen LogP contribution in [0.1, 0.15) is 15.9 Å². The number of nitro groups is 1. The molecular weight excluding hydrogens is 404 g/mol. The van der Waals surface area contributed by atoms with E-state index in [4.69, 9.17) is 0 Å². The second-order valence-corrected chi connectivity index (χ2v) is 7.64. The number of para-hydroxylation sites is 1. The molecule has 0 aliphatic rings. The Bertz CT molecular complexity index is 1230. The fourth-order valence-corrected chi connectivity index (χ4v) is 3.95. The number of nitrogens with zero attached hydrogens (tertiary/aromatic N) is 4. The van der Waals surface area contributed by atoms with Crippen molar-refractivity contribution in [3.05, 3.63) is 76.2 Å². The summed E-state index contributed by atoms with van der Waals surface area (Å²) in [5.41, 5.74) is 2.24. The summed E-state index contributed by atoms with van der Waals surface area (Å²) in [6.45, 7) is 0.421. The lowest BCUT2D eigenvalue weighted by atomic mass is 10.1. The van der Waals surface area contributed by atoms with Crippen LogP contribution in [0.2, 0.25) is 0 Å². The predicted octanol–water partition coefficient (Wildman–Crippen LogP) is 3.33. The molecule has 0 saturated heterocycles. The van der Waals surface area contributed by atoms with E-state index in [9.17, 15) is 14.9 Å². The summed E-state index contributed by atoms with van der Waals surface area (Å²) in [6.07, 6.45) is 4.10. The zero-order valence-corrected chi connectivity index (χ0v) is 16.8. The molecule has 0 unspecified atom stereocenters. The number of rotatable bonds is 7. The number of carbonyl (C=O) groups is 1. The molecule has 4 rings (SSSR count). The lowest BCUT2D eigenvalue weighted by Crippen LogP contribution is -2.25. The molecule has 0 spiro atoms. The largest absolute Gasteiger partial charge is 0.361 e. The monoisotopic (exact) mass is 422 g/mol. The lowest BCUT2D eigenvalue weighted by molar-refractivity contribution is -0.387. The summed E-state index contributed by atoms with van der Waals surface area (Å²) in [7, 11) is 1.75. The quantitative estimate of drug-likeness (QED) is 0.348. The smallest absolute Gasteiger partial charge is 0.284 e. The molecule has 4 aromatic rings. The van der Waals surface area contributed by atoms with Crippen LogP contribution in [0, 0.1) is 10.1 Å². The zero-order chi connectivity index (χ0) is 21.1. The Balaban J connectivity index is 1.45. The maximum absolute atomic E-state index is 12.5. The number of fused-ring (bicyclic) bond motifs is 1. The molecule has 2 heterocycles. The Kier molecular flexibility index (Phi) is 5.48. The number of aromatic nitrogens is 4. The summed E-state index contributed by atoms with van der Waals surface area (Å²) < 4.78 is 1.67. The highest BCUT2D eigenvalue weighted by Gasteiger charge is 2.20. The molecular formula is C20H18N6O3S. The van der Waals surface area contributed by atoms with Gasteiger partial charge in [0.15, 0.2) is 5.16 Å². The number of hydrogen-bond acceptors (Lipinski definition) is 6. The number of H-pyrrole nitrogens is 1. The second kappa shape index (κ2) is 8.37. The first-order valence-corrected chi connectivity index (χ1v) is 9.98. The Hall–Kier alpha value is -3.66. The molecule has 0 aliphatic carbocycles. The molecule has 0 fully saturated rings. The predicted molar refractivity (Wildman–Crippen MR) is 113 cm³/mol. The Morgan fingerprint density at radius 3 is 2.90 bits per heavy atom. The molecule has 0 aliphatic heterocycles. The van der Waals surface area contributed by atoms with E-state index in [1.807, 2.05) is 30.5 Å². The van der Waals surface area contributed by atoms with Crippen molar-refractivity contribution in [1.82, 2.24) is 25.1 Å². The van der Waals surface area contributed by atoms with E-state index in [1.54, 1.807) is 23.7 Å². The molecule has 30 heavy (non-hydrogen) atoms. The average molecular weight is 422 g/mol. The van der Waals surface area contributed by atoms with Crippen LogP contribution in [0.25, 0.3) is 10.9 Å².